The fourth-order valence-corrected chi connectivity index (χ4v) is 2.14. The summed E-state index contributed by atoms with van der Waals surface area (Å²) < 4.78 is 14.1. The van der Waals surface area contributed by atoms with E-state index in [-0.39, 0.29) is 16.1 Å². The Morgan fingerprint density at radius 1 is 1.16 bits per heavy atom. The second-order valence-corrected chi connectivity index (χ2v) is 5.06. The van der Waals surface area contributed by atoms with Crippen LogP contribution < -0.4 is 5.32 Å². The SMILES string of the molecule is CC(NC(=O)c1cccc(Br)c1F)c1ccccc1. The van der Waals surface area contributed by atoms with E-state index in [4.69, 9.17) is 0 Å². The molecule has 2 nitrogen and oxygen atoms in total. The first-order chi connectivity index (χ1) is 9.09. The Kier molecular flexibility index (Phi) is 4.32. The molecular weight excluding hydrogens is 309 g/mol. The quantitative estimate of drug-likeness (QED) is 0.906. The molecule has 2 aromatic carbocycles. The molecule has 4 heteroatoms. The van der Waals surface area contributed by atoms with E-state index in [1.807, 2.05) is 37.3 Å². The summed E-state index contributed by atoms with van der Waals surface area (Å²) in [5, 5.41) is 2.78. The zero-order chi connectivity index (χ0) is 13.8. The van der Waals surface area contributed by atoms with Gasteiger partial charge >= 0.3 is 0 Å². The minimum Gasteiger partial charge on any atom is -0.345 e. The van der Waals surface area contributed by atoms with Gasteiger partial charge in [0.05, 0.1) is 16.1 Å². The average Bonchev–Trinajstić information content (AvgIpc) is 2.42. The molecule has 0 saturated carbocycles. The topological polar surface area (TPSA) is 29.1 Å². The highest BCUT2D eigenvalue weighted by Crippen LogP contribution is 2.19. The summed E-state index contributed by atoms with van der Waals surface area (Å²) in [5.41, 5.74) is 1.02. The molecule has 0 bridgehead atoms. The normalized spacial score (nSPS) is 11.9. The Morgan fingerprint density at radius 3 is 2.53 bits per heavy atom. The van der Waals surface area contributed by atoms with Gasteiger partial charge in [-0.15, -0.1) is 0 Å². The molecule has 1 atom stereocenters. The van der Waals surface area contributed by atoms with Gasteiger partial charge in [-0.3, -0.25) is 4.79 Å². The van der Waals surface area contributed by atoms with Crippen molar-refractivity contribution in [3.63, 3.8) is 0 Å². The Balaban J connectivity index is 2.16. The van der Waals surface area contributed by atoms with Gasteiger partial charge in [0, 0.05) is 0 Å². The third-order valence-electron chi connectivity index (χ3n) is 2.84. The van der Waals surface area contributed by atoms with Gasteiger partial charge in [-0.1, -0.05) is 36.4 Å². The van der Waals surface area contributed by atoms with Gasteiger partial charge < -0.3 is 5.32 Å². The molecule has 0 fully saturated rings. The van der Waals surface area contributed by atoms with Crippen molar-refractivity contribution in [2.45, 2.75) is 13.0 Å². The van der Waals surface area contributed by atoms with Crippen molar-refractivity contribution >= 4 is 21.8 Å². The molecule has 1 N–H and O–H groups in total. The molecule has 2 rings (SSSR count). The van der Waals surface area contributed by atoms with Crippen LogP contribution in [0, 0.1) is 5.82 Å². The lowest BCUT2D eigenvalue weighted by Gasteiger charge is -2.14. The third-order valence-corrected chi connectivity index (χ3v) is 3.46. The maximum atomic E-state index is 13.8. The molecule has 0 aromatic heterocycles. The molecule has 0 radical (unpaired) electrons. The first kappa shape index (κ1) is 13.7. The lowest BCUT2D eigenvalue weighted by molar-refractivity contribution is 0.0935. The van der Waals surface area contributed by atoms with Gasteiger partial charge in [0.15, 0.2) is 0 Å². The van der Waals surface area contributed by atoms with Gasteiger partial charge in [0.25, 0.3) is 5.91 Å². The molecule has 0 spiro atoms. The van der Waals surface area contributed by atoms with Crippen molar-refractivity contribution in [2.75, 3.05) is 0 Å². The number of hydrogen-bond donors (Lipinski definition) is 1. The van der Waals surface area contributed by atoms with Crippen molar-refractivity contribution in [3.8, 4) is 0 Å². The van der Waals surface area contributed by atoms with Gasteiger partial charge in [-0.25, -0.2) is 4.39 Å². The summed E-state index contributed by atoms with van der Waals surface area (Å²) >= 11 is 3.07. The standard InChI is InChI=1S/C15H13BrFNO/c1-10(11-6-3-2-4-7-11)18-15(19)12-8-5-9-13(16)14(12)17/h2-10H,1H3,(H,18,19). The molecule has 0 aliphatic rings. The van der Waals surface area contributed by atoms with Crippen LogP contribution in [0.5, 0.6) is 0 Å². The number of carbonyl (C=O) groups excluding carboxylic acids is 1. The van der Waals surface area contributed by atoms with Crippen LogP contribution in [-0.2, 0) is 0 Å². The lowest BCUT2D eigenvalue weighted by atomic mass is 10.1. The molecule has 0 aliphatic heterocycles. The lowest BCUT2D eigenvalue weighted by Crippen LogP contribution is -2.27. The van der Waals surface area contributed by atoms with Crippen LogP contribution in [0.15, 0.2) is 53.0 Å². The van der Waals surface area contributed by atoms with Crippen LogP contribution in [0.4, 0.5) is 4.39 Å². The van der Waals surface area contributed by atoms with Gasteiger partial charge in [0.1, 0.15) is 5.82 Å². The number of nitrogens with one attached hydrogen (secondary N) is 1. The average molecular weight is 322 g/mol. The second kappa shape index (κ2) is 5.97. The van der Waals surface area contributed by atoms with Crippen LogP contribution in [0.1, 0.15) is 28.9 Å². The predicted molar refractivity (Wildman–Crippen MR) is 76.4 cm³/mol. The summed E-state index contributed by atoms with van der Waals surface area (Å²) in [4.78, 5) is 12.0. The van der Waals surface area contributed by atoms with E-state index in [0.29, 0.717) is 0 Å². The van der Waals surface area contributed by atoms with Crippen molar-refractivity contribution in [2.24, 2.45) is 0 Å². The molecule has 0 heterocycles. The monoisotopic (exact) mass is 321 g/mol. The molecule has 98 valence electrons. The van der Waals surface area contributed by atoms with Crippen molar-refractivity contribution < 1.29 is 9.18 Å². The number of hydrogen-bond acceptors (Lipinski definition) is 1. The molecular formula is C15H13BrFNO. The van der Waals surface area contributed by atoms with Crippen LogP contribution in [-0.4, -0.2) is 5.91 Å². The Labute approximate surface area is 119 Å². The van der Waals surface area contributed by atoms with Gasteiger partial charge in [-0.2, -0.15) is 0 Å². The van der Waals surface area contributed by atoms with E-state index in [2.05, 4.69) is 21.2 Å². The summed E-state index contributed by atoms with van der Waals surface area (Å²) in [6, 6.07) is 14.0. The zero-order valence-corrected chi connectivity index (χ0v) is 11.9. The predicted octanol–water partition coefficient (Wildman–Crippen LogP) is 4.08. The highest BCUT2D eigenvalue weighted by Gasteiger charge is 2.16. The Hall–Kier alpha value is -1.68. The van der Waals surface area contributed by atoms with E-state index in [1.165, 1.54) is 6.07 Å². The van der Waals surface area contributed by atoms with E-state index >= 15 is 0 Å². The number of rotatable bonds is 3. The second-order valence-electron chi connectivity index (χ2n) is 4.21. The first-order valence-corrected chi connectivity index (χ1v) is 6.68. The third kappa shape index (κ3) is 3.20. The van der Waals surface area contributed by atoms with Crippen LogP contribution in [0.3, 0.4) is 0 Å². The molecule has 0 saturated heterocycles. The number of carbonyl (C=O) groups is 1. The fourth-order valence-electron chi connectivity index (χ4n) is 1.78. The Morgan fingerprint density at radius 2 is 1.84 bits per heavy atom. The molecule has 2 aromatic rings. The summed E-state index contributed by atoms with van der Waals surface area (Å²) in [7, 11) is 0. The maximum Gasteiger partial charge on any atom is 0.254 e. The summed E-state index contributed by atoms with van der Waals surface area (Å²) in [6.45, 7) is 1.86. The van der Waals surface area contributed by atoms with Gasteiger partial charge in [-0.05, 0) is 40.5 Å². The Bertz CT molecular complexity index is 586. The minimum atomic E-state index is -0.541. The minimum absolute atomic E-state index is 0.0390. The van der Waals surface area contributed by atoms with Crippen molar-refractivity contribution in [1.82, 2.24) is 5.32 Å². The zero-order valence-electron chi connectivity index (χ0n) is 10.4. The summed E-state index contributed by atoms with van der Waals surface area (Å²) in [5.74, 6) is -0.963. The summed E-state index contributed by atoms with van der Waals surface area (Å²) in [6.07, 6.45) is 0. The van der Waals surface area contributed by atoms with E-state index < -0.39 is 11.7 Å². The molecule has 0 aliphatic carbocycles. The van der Waals surface area contributed by atoms with E-state index in [9.17, 15) is 9.18 Å². The maximum absolute atomic E-state index is 13.8. The van der Waals surface area contributed by atoms with Crippen LogP contribution >= 0.6 is 15.9 Å². The smallest absolute Gasteiger partial charge is 0.254 e. The largest absolute Gasteiger partial charge is 0.345 e. The number of amides is 1. The van der Waals surface area contributed by atoms with E-state index in [1.54, 1.807) is 12.1 Å². The highest BCUT2D eigenvalue weighted by molar-refractivity contribution is 9.10. The van der Waals surface area contributed by atoms with Gasteiger partial charge in [0.2, 0.25) is 0 Å². The highest BCUT2D eigenvalue weighted by atomic mass is 79.9. The van der Waals surface area contributed by atoms with Crippen LogP contribution in [0.25, 0.3) is 0 Å². The van der Waals surface area contributed by atoms with E-state index in [0.717, 1.165) is 5.56 Å². The fraction of sp³-hybridized carbons (Fsp3) is 0.133. The molecule has 1 amide bonds. The first-order valence-electron chi connectivity index (χ1n) is 5.89. The molecule has 1 unspecified atom stereocenters. The van der Waals surface area contributed by atoms with Crippen molar-refractivity contribution in [3.05, 3.63) is 69.9 Å². The molecule has 19 heavy (non-hydrogen) atoms. The van der Waals surface area contributed by atoms with Crippen LogP contribution in [0.2, 0.25) is 0 Å². The number of benzene rings is 2. The van der Waals surface area contributed by atoms with Crippen molar-refractivity contribution in [1.29, 1.82) is 0 Å². The number of halogens is 2.